The van der Waals surface area contributed by atoms with Gasteiger partial charge in [-0.25, -0.2) is 22.3 Å². The Kier molecular flexibility index (Phi) is 5.67. The van der Waals surface area contributed by atoms with Crippen LogP contribution in [0, 0.1) is 10.1 Å². The summed E-state index contributed by atoms with van der Waals surface area (Å²) in [5.74, 6) is 0. The molecule has 1 aliphatic heterocycles. The highest BCUT2D eigenvalue weighted by atomic mass is 32.2. The van der Waals surface area contributed by atoms with Crippen molar-refractivity contribution in [2.45, 2.75) is 23.4 Å². The van der Waals surface area contributed by atoms with Crippen LogP contribution in [0.5, 0.6) is 0 Å². The SMILES string of the molecule is NS(=O)(=O)c1cccc([N+](=O)[O-])c1N[C@@H]1CCN(C(CF)CF)C1. The van der Waals surface area contributed by atoms with E-state index in [1.165, 1.54) is 12.1 Å². The molecule has 1 saturated heterocycles. The van der Waals surface area contributed by atoms with Gasteiger partial charge in [0.25, 0.3) is 5.69 Å². The van der Waals surface area contributed by atoms with Gasteiger partial charge in [-0.05, 0) is 12.5 Å². The lowest BCUT2D eigenvalue weighted by Gasteiger charge is -2.23. The van der Waals surface area contributed by atoms with E-state index < -0.39 is 40.0 Å². The molecule has 134 valence electrons. The van der Waals surface area contributed by atoms with E-state index in [0.717, 1.165) is 6.07 Å². The molecule has 1 aromatic carbocycles. The summed E-state index contributed by atoms with van der Waals surface area (Å²) in [5, 5.41) is 19.1. The highest BCUT2D eigenvalue weighted by Crippen LogP contribution is 2.32. The number of hydrogen-bond donors (Lipinski definition) is 2. The molecule has 8 nitrogen and oxygen atoms in total. The quantitative estimate of drug-likeness (QED) is 0.551. The zero-order valence-corrected chi connectivity index (χ0v) is 13.5. The van der Waals surface area contributed by atoms with Gasteiger partial charge in [-0.3, -0.25) is 15.0 Å². The third kappa shape index (κ3) is 3.97. The van der Waals surface area contributed by atoms with Gasteiger partial charge >= 0.3 is 0 Å². The van der Waals surface area contributed by atoms with Crippen LogP contribution < -0.4 is 10.5 Å². The third-order valence-corrected chi connectivity index (χ3v) is 4.90. The highest BCUT2D eigenvalue weighted by molar-refractivity contribution is 7.89. The van der Waals surface area contributed by atoms with Crippen molar-refractivity contribution >= 4 is 21.4 Å². The molecule has 0 saturated carbocycles. The topological polar surface area (TPSA) is 119 Å². The summed E-state index contributed by atoms with van der Waals surface area (Å²) in [6.45, 7) is -1.02. The monoisotopic (exact) mass is 364 g/mol. The molecule has 1 heterocycles. The van der Waals surface area contributed by atoms with E-state index in [0.29, 0.717) is 13.0 Å². The molecule has 11 heteroatoms. The Morgan fingerprint density at radius 3 is 2.62 bits per heavy atom. The maximum absolute atomic E-state index is 12.8. The van der Waals surface area contributed by atoms with Gasteiger partial charge < -0.3 is 5.32 Å². The average Bonchev–Trinajstić information content (AvgIpc) is 2.96. The molecule has 0 radical (unpaired) electrons. The fourth-order valence-corrected chi connectivity index (χ4v) is 3.45. The molecule has 1 fully saturated rings. The lowest BCUT2D eigenvalue weighted by molar-refractivity contribution is -0.384. The van der Waals surface area contributed by atoms with Gasteiger partial charge in [0, 0.05) is 25.2 Å². The second-order valence-corrected chi connectivity index (χ2v) is 7.07. The van der Waals surface area contributed by atoms with Crippen molar-refractivity contribution < 1.29 is 22.1 Å². The van der Waals surface area contributed by atoms with Crippen molar-refractivity contribution in [1.29, 1.82) is 0 Å². The van der Waals surface area contributed by atoms with Crippen LogP contribution in [0.1, 0.15) is 6.42 Å². The van der Waals surface area contributed by atoms with Crippen molar-refractivity contribution in [3.63, 3.8) is 0 Å². The fraction of sp³-hybridized carbons (Fsp3) is 0.538. The molecule has 1 aliphatic rings. The zero-order chi connectivity index (χ0) is 17.9. The van der Waals surface area contributed by atoms with Gasteiger partial charge in [-0.2, -0.15) is 0 Å². The number of nitro groups is 1. The summed E-state index contributed by atoms with van der Waals surface area (Å²) in [4.78, 5) is 11.6. The number of alkyl halides is 2. The number of nitro benzene ring substituents is 1. The van der Waals surface area contributed by atoms with E-state index in [9.17, 15) is 27.3 Å². The molecular formula is C13H18F2N4O4S. The third-order valence-electron chi connectivity index (χ3n) is 3.95. The first-order valence-corrected chi connectivity index (χ1v) is 8.75. The lowest BCUT2D eigenvalue weighted by atomic mass is 10.2. The van der Waals surface area contributed by atoms with Crippen LogP contribution in [-0.2, 0) is 10.0 Å². The van der Waals surface area contributed by atoms with Gasteiger partial charge in [0.2, 0.25) is 10.0 Å². The van der Waals surface area contributed by atoms with E-state index >= 15 is 0 Å². The van der Waals surface area contributed by atoms with Crippen LogP contribution >= 0.6 is 0 Å². The highest BCUT2D eigenvalue weighted by Gasteiger charge is 2.31. The number of nitrogens with two attached hydrogens (primary N) is 1. The van der Waals surface area contributed by atoms with Crippen LogP contribution in [-0.4, -0.2) is 56.8 Å². The van der Waals surface area contributed by atoms with Crippen molar-refractivity contribution in [2.24, 2.45) is 5.14 Å². The molecule has 2 rings (SSSR count). The molecular weight excluding hydrogens is 346 g/mol. The van der Waals surface area contributed by atoms with Crippen LogP contribution in [0.3, 0.4) is 0 Å². The van der Waals surface area contributed by atoms with E-state index in [2.05, 4.69) is 5.32 Å². The number of nitrogens with one attached hydrogen (secondary N) is 1. The van der Waals surface area contributed by atoms with Crippen molar-refractivity contribution in [1.82, 2.24) is 4.90 Å². The van der Waals surface area contributed by atoms with Crippen LogP contribution in [0.15, 0.2) is 23.1 Å². The Bertz CT molecular complexity index is 712. The maximum atomic E-state index is 12.8. The van der Waals surface area contributed by atoms with Gasteiger partial charge in [-0.15, -0.1) is 0 Å². The number of anilines is 1. The van der Waals surface area contributed by atoms with Crippen LogP contribution in [0.25, 0.3) is 0 Å². The number of primary sulfonamides is 1. The van der Waals surface area contributed by atoms with Gasteiger partial charge in [0.1, 0.15) is 23.9 Å². The smallest absolute Gasteiger partial charge is 0.293 e. The second-order valence-electron chi connectivity index (χ2n) is 5.54. The van der Waals surface area contributed by atoms with Crippen molar-refractivity contribution in [3.8, 4) is 0 Å². The molecule has 0 spiro atoms. The van der Waals surface area contributed by atoms with E-state index in [1.54, 1.807) is 4.90 Å². The molecule has 3 N–H and O–H groups in total. The summed E-state index contributed by atoms with van der Waals surface area (Å²) in [6, 6.07) is 2.32. The predicted molar refractivity (Wildman–Crippen MR) is 83.8 cm³/mol. The Balaban J connectivity index is 2.28. The Hall–Kier alpha value is -1.85. The van der Waals surface area contributed by atoms with Gasteiger partial charge in [0.05, 0.1) is 11.0 Å². The molecule has 0 unspecified atom stereocenters. The van der Waals surface area contributed by atoms with Crippen molar-refractivity contribution in [2.75, 3.05) is 31.8 Å². The number of para-hydroxylation sites is 1. The second kappa shape index (κ2) is 7.36. The molecule has 1 atom stereocenters. The molecule has 0 aromatic heterocycles. The first kappa shape index (κ1) is 18.5. The number of sulfonamides is 1. The first-order valence-electron chi connectivity index (χ1n) is 7.20. The number of rotatable bonds is 7. The Morgan fingerprint density at radius 2 is 2.08 bits per heavy atom. The largest absolute Gasteiger partial charge is 0.374 e. The Morgan fingerprint density at radius 1 is 1.42 bits per heavy atom. The number of likely N-dealkylation sites (tertiary alicyclic amines) is 1. The van der Waals surface area contributed by atoms with Crippen molar-refractivity contribution in [3.05, 3.63) is 28.3 Å². The number of nitrogens with zero attached hydrogens (tertiary/aromatic N) is 2. The maximum Gasteiger partial charge on any atom is 0.293 e. The summed E-state index contributed by atoms with van der Waals surface area (Å²) in [6.07, 6.45) is 0.465. The number of halogens is 2. The fourth-order valence-electron chi connectivity index (χ4n) is 2.73. The minimum atomic E-state index is -4.17. The number of benzene rings is 1. The first-order chi connectivity index (χ1) is 11.3. The summed E-state index contributed by atoms with van der Waals surface area (Å²) in [5.41, 5.74) is -0.624. The zero-order valence-electron chi connectivity index (χ0n) is 12.7. The minimum absolute atomic E-state index is 0.200. The lowest BCUT2D eigenvalue weighted by Crippen LogP contribution is -2.38. The molecule has 1 aromatic rings. The standard InChI is InChI=1S/C13H18F2N4O4S/c14-6-10(7-15)18-5-4-9(8-18)17-13-11(19(20)21)2-1-3-12(13)24(16,22)23/h1-3,9-10,17H,4-8H2,(H2,16,22,23)/t9-/m1/s1. The molecule has 0 amide bonds. The minimum Gasteiger partial charge on any atom is -0.374 e. The van der Waals surface area contributed by atoms with Gasteiger partial charge in [0.15, 0.2) is 0 Å². The van der Waals surface area contributed by atoms with Gasteiger partial charge in [-0.1, -0.05) is 6.07 Å². The summed E-state index contributed by atoms with van der Waals surface area (Å²) < 4.78 is 48.9. The van der Waals surface area contributed by atoms with E-state index in [4.69, 9.17) is 5.14 Å². The van der Waals surface area contributed by atoms with Crippen LogP contribution in [0.2, 0.25) is 0 Å². The average molecular weight is 364 g/mol. The van der Waals surface area contributed by atoms with E-state index in [1.807, 2.05) is 0 Å². The Labute approximate surface area is 137 Å². The normalized spacial score (nSPS) is 18.9. The van der Waals surface area contributed by atoms with E-state index in [-0.39, 0.29) is 23.2 Å². The molecule has 0 aliphatic carbocycles. The summed E-state index contributed by atoms with van der Waals surface area (Å²) in [7, 11) is -4.17. The predicted octanol–water partition coefficient (Wildman–Crippen LogP) is 1.04. The van der Waals surface area contributed by atoms with Crippen LogP contribution in [0.4, 0.5) is 20.2 Å². The number of hydrogen-bond acceptors (Lipinski definition) is 6. The summed E-state index contributed by atoms with van der Waals surface area (Å²) >= 11 is 0. The molecule has 24 heavy (non-hydrogen) atoms. The molecule has 0 bridgehead atoms.